The first kappa shape index (κ1) is 23.1. The standard InChI is InChI=1S/C17H20IN5O8/c1-8(24)28-5-10-14(30-9(2)25)11(6-29-10)31-12(26)4-23-7-19-13-15(22-27-3)20-17(18)21-16(13)23/h7,10-11,14H,4-6H2,1-3H3,(H,20,21,22)/t10-,11-,14-/m1/s1. The van der Waals surface area contributed by atoms with Gasteiger partial charge >= 0.3 is 17.9 Å². The Kier molecular flexibility index (Phi) is 7.55. The zero-order valence-electron chi connectivity index (χ0n) is 16.9. The SMILES string of the molecule is CONc1nc(I)nc2c1ncn2CC(=O)O[C@@H]1CO[C@H](COC(C)=O)[C@H]1OC(C)=O. The molecular formula is C17H20IN5O8. The highest BCUT2D eigenvalue weighted by Crippen LogP contribution is 2.23. The lowest BCUT2D eigenvalue weighted by molar-refractivity contribution is -0.166. The molecule has 0 amide bonds. The van der Waals surface area contributed by atoms with Gasteiger partial charge in [-0.3, -0.25) is 19.2 Å². The molecule has 1 aliphatic rings. The van der Waals surface area contributed by atoms with E-state index < -0.39 is 36.2 Å². The van der Waals surface area contributed by atoms with Gasteiger partial charge in [0.05, 0.1) is 20.0 Å². The predicted octanol–water partition coefficient (Wildman–Crippen LogP) is 0.210. The number of nitrogens with one attached hydrogen (secondary N) is 1. The Bertz CT molecular complexity index is 983. The maximum atomic E-state index is 12.6. The van der Waals surface area contributed by atoms with Crippen LogP contribution in [0, 0.1) is 3.83 Å². The van der Waals surface area contributed by atoms with Crippen molar-refractivity contribution in [3.05, 3.63) is 10.2 Å². The van der Waals surface area contributed by atoms with E-state index in [1.807, 2.05) is 22.6 Å². The second-order valence-electron chi connectivity index (χ2n) is 6.47. The first-order valence-electron chi connectivity index (χ1n) is 9.07. The topological polar surface area (TPSA) is 153 Å². The quantitative estimate of drug-likeness (QED) is 0.158. The molecule has 3 atom stereocenters. The molecular weight excluding hydrogens is 529 g/mol. The van der Waals surface area contributed by atoms with Crippen LogP contribution < -0.4 is 5.48 Å². The van der Waals surface area contributed by atoms with Gasteiger partial charge in [0.1, 0.15) is 19.3 Å². The zero-order chi connectivity index (χ0) is 22.5. The van der Waals surface area contributed by atoms with Gasteiger partial charge in [-0.15, -0.1) is 0 Å². The van der Waals surface area contributed by atoms with Crippen molar-refractivity contribution in [2.75, 3.05) is 25.8 Å². The number of fused-ring (bicyclic) bond motifs is 1. The number of hydrogen-bond acceptors (Lipinski definition) is 12. The molecule has 0 unspecified atom stereocenters. The molecule has 1 aliphatic heterocycles. The van der Waals surface area contributed by atoms with E-state index in [2.05, 4.69) is 20.4 Å². The number of imidazole rings is 1. The fraction of sp³-hybridized carbons (Fsp3) is 0.529. The third kappa shape index (κ3) is 5.76. The maximum absolute atomic E-state index is 12.6. The lowest BCUT2D eigenvalue weighted by Crippen LogP contribution is -2.40. The fourth-order valence-corrected chi connectivity index (χ4v) is 3.45. The first-order chi connectivity index (χ1) is 14.8. The highest BCUT2D eigenvalue weighted by Gasteiger charge is 2.43. The van der Waals surface area contributed by atoms with E-state index in [0.717, 1.165) is 0 Å². The van der Waals surface area contributed by atoms with Crippen LogP contribution in [0.3, 0.4) is 0 Å². The van der Waals surface area contributed by atoms with Crippen LogP contribution in [-0.4, -0.2) is 76.1 Å². The van der Waals surface area contributed by atoms with Gasteiger partial charge in [0.2, 0.25) is 0 Å². The minimum Gasteiger partial charge on any atom is -0.463 e. The van der Waals surface area contributed by atoms with Crippen molar-refractivity contribution >= 4 is 57.5 Å². The minimum absolute atomic E-state index is 0.0116. The number of carbonyl (C=O) groups excluding carboxylic acids is 3. The number of carbonyl (C=O) groups is 3. The summed E-state index contributed by atoms with van der Waals surface area (Å²) in [5, 5.41) is 0. The summed E-state index contributed by atoms with van der Waals surface area (Å²) in [6.45, 7) is 2.14. The van der Waals surface area contributed by atoms with Crippen molar-refractivity contribution in [3.8, 4) is 0 Å². The van der Waals surface area contributed by atoms with Gasteiger partial charge in [-0.1, -0.05) is 0 Å². The van der Waals surface area contributed by atoms with Gasteiger partial charge < -0.3 is 23.5 Å². The molecule has 0 aromatic carbocycles. The van der Waals surface area contributed by atoms with Crippen molar-refractivity contribution in [2.24, 2.45) is 0 Å². The number of hydrogen-bond donors (Lipinski definition) is 1. The Balaban J connectivity index is 1.71. The van der Waals surface area contributed by atoms with Crippen molar-refractivity contribution in [1.29, 1.82) is 0 Å². The molecule has 14 heteroatoms. The average molecular weight is 549 g/mol. The number of halogens is 1. The Morgan fingerprint density at radius 3 is 2.71 bits per heavy atom. The third-order valence-electron chi connectivity index (χ3n) is 4.18. The van der Waals surface area contributed by atoms with Crippen LogP contribution in [0.4, 0.5) is 5.82 Å². The molecule has 1 saturated heterocycles. The van der Waals surface area contributed by atoms with E-state index in [4.69, 9.17) is 23.8 Å². The van der Waals surface area contributed by atoms with Crippen LogP contribution in [0.5, 0.6) is 0 Å². The van der Waals surface area contributed by atoms with Gasteiger partial charge in [-0.25, -0.2) is 20.4 Å². The molecule has 1 fully saturated rings. The average Bonchev–Trinajstić information content (AvgIpc) is 3.24. The Morgan fingerprint density at radius 1 is 1.26 bits per heavy atom. The first-order valence-corrected chi connectivity index (χ1v) is 10.2. The number of ether oxygens (including phenoxy) is 4. The lowest BCUT2D eigenvalue weighted by Gasteiger charge is -2.22. The highest BCUT2D eigenvalue weighted by molar-refractivity contribution is 14.1. The summed E-state index contributed by atoms with van der Waals surface area (Å²) in [4.78, 5) is 52.7. The molecule has 31 heavy (non-hydrogen) atoms. The number of nitrogens with zero attached hydrogens (tertiary/aromatic N) is 4. The molecule has 0 aliphatic carbocycles. The number of esters is 3. The van der Waals surface area contributed by atoms with E-state index in [-0.39, 0.29) is 19.8 Å². The van der Waals surface area contributed by atoms with E-state index in [0.29, 0.717) is 20.8 Å². The van der Waals surface area contributed by atoms with Gasteiger partial charge in [0.15, 0.2) is 33.0 Å². The molecule has 3 rings (SSSR count). The predicted molar refractivity (Wildman–Crippen MR) is 110 cm³/mol. The molecule has 2 aromatic heterocycles. The van der Waals surface area contributed by atoms with Gasteiger partial charge in [0, 0.05) is 36.4 Å². The highest BCUT2D eigenvalue weighted by atomic mass is 127. The Hall–Kier alpha value is -2.59. The second-order valence-corrected chi connectivity index (χ2v) is 7.43. The molecule has 3 heterocycles. The Morgan fingerprint density at radius 2 is 2.03 bits per heavy atom. The molecule has 1 N–H and O–H groups in total. The number of rotatable bonds is 8. The van der Waals surface area contributed by atoms with Crippen LogP contribution in [0.2, 0.25) is 0 Å². The summed E-state index contributed by atoms with van der Waals surface area (Å²) in [6, 6.07) is 0. The summed E-state index contributed by atoms with van der Waals surface area (Å²) in [5.41, 5.74) is 3.44. The Labute approximate surface area is 189 Å². The molecule has 0 spiro atoms. The van der Waals surface area contributed by atoms with Crippen molar-refractivity contribution in [1.82, 2.24) is 19.5 Å². The van der Waals surface area contributed by atoms with E-state index >= 15 is 0 Å². The zero-order valence-corrected chi connectivity index (χ0v) is 19.0. The van der Waals surface area contributed by atoms with E-state index in [1.54, 1.807) is 0 Å². The second kappa shape index (κ2) is 10.1. The molecule has 2 aromatic rings. The van der Waals surface area contributed by atoms with Crippen LogP contribution >= 0.6 is 22.6 Å². The summed E-state index contributed by atoms with van der Waals surface area (Å²) in [7, 11) is 1.44. The van der Waals surface area contributed by atoms with Crippen LogP contribution in [-0.2, 0) is 44.7 Å². The summed E-state index contributed by atoms with van der Waals surface area (Å²) in [5.74, 6) is -1.34. The molecule has 13 nitrogen and oxygen atoms in total. The largest absolute Gasteiger partial charge is 0.463 e. The normalized spacial score (nSPS) is 20.5. The fourth-order valence-electron chi connectivity index (χ4n) is 2.98. The lowest BCUT2D eigenvalue weighted by atomic mass is 10.1. The molecule has 168 valence electrons. The third-order valence-corrected chi connectivity index (χ3v) is 4.66. The van der Waals surface area contributed by atoms with Crippen molar-refractivity contribution in [2.45, 2.75) is 38.7 Å². The van der Waals surface area contributed by atoms with Crippen LogP contribution in [0.1, 0.15) is 13.8 Å². The van der Waals surface area contributed by atoms with Gasteiger partial charge in [-0.05, 0) is 0 Å². The molecule has 0 radical (unpaired) electrons. The van der Waals surface area contributed by atoms with E-state index in [1.165, 1.54) is 31.9 Å². The molecule has 0 bridgehead atoms. The monoisotopic (exact) mass is 549 g/mol. The summed E-state index contributed by atoms with van der Waals surface area (Å²) in [6.07, 6.45) is -1.07. The van der Waals surface area contributed by atoms with E-state index in [9.17, 15) is 14.4 Å². The van der Waals surface area contributed by atoms with Gasteiger partial charge in [0.25, 0.3) is 0 Å². The van der Waals surface area contributed by atoms with Crippen LogP contribution in [0.15, 0.2) is 6.33 Å². The van der Waals surface area contributed by atoms with Gasteiger partial charge in [-0.2, -0.15) is 0 Å². The molecule has 0 saturated carbocycles. The maximum Gasteiger partial charge on any atom is 0.326 e. The number of aromatic nitrogens is 4. The number of anilines is 1. The minimum atomic E-state index is -0.902. The van der Waals surface area contributed by atoms with Crippen molar-refractivity contribution < 1.29 is 38.2 Å². The van der Waals surface area contributed by atoms with Crippen molar-refractivity contribution in [3.63, 3.8) is 0 Å². The summed E-state index contributed by atoms with van der Waals surface area (Å²) < 4.78 is 23.1. The summed E-state index contributed by atoms with van der Waals surface area (Å²) >= 11 is 1.93. The smallest absolute Gasteiger partial charge is 0.326 e. The van der Waals surface area contributed by atoms with Crippen LogP contribution in [0.25, 0.3) is 11.2 Å².